The number of aliphatic hydroxyl groups excluding tert-OH is 1. The van der Waals surface area contributed by atoms with Crippen LogP contribution in [0, 0.1) is 24.7 Å². The lowest BCUT2D eigenvalue weighted by Gasteiger charge is -2.39. The first-order chi connectivity index (χ1) is 20.4. The summed E-state index contributed by atoms with van der Waals surface area (Å²) in [7, 11) is -7.36. The Kier molecular flexibility index (Phi) is 11.6. The van der Waals surface area contributed by atoms with Gasteiger partial charge in [-0.05, 0) is 111 Å². The molecule has 6 N–H and O–H groups in total. The highest BCUT2D eigenvalue weighted by atomic mass is 32.2. The Balaban J connectivity index is 1.40. The molecule has 0 saturated heterocycles. The van der Waals surface area contributed by atoms with Crippen molar-refractivity contribution in [1.82, 2.24) is 4.72 Å². The van der Waals surface area contributed by atoms with Crippen LogP contribution in [-0.2, 0) is 19.9 Å². The van der Waals surface area contributed by atoms with E-state index < -0.39 is 26.0 Å². The fraction of sp³-hybridized carbons (Fsp3) is 0.594. The highest BCUT2D eigenvalue weighted by molar-refractivity contribution is 7.91. The second-order valence-electron chi connectivity index (χ2n) is 12.5. The van der Waals surface area contributed by atoms with Gasteiger partial charge in [0.15, 0.2) is 15.6 Å². The minimum atomic E-state index is -3.77. The van der Waals surface area contributed by atoms with E-state index in [0.29, 0.717) is 35.9 Å². The third-order valence-corrected chi connectivity index (χ3v) is 12.5. The fourth-order valence-corrected chi connectivity index (χ4v) is 10.1. The zero-order valence-corrected chi connectivity index (χ0v) is 26.7. The molecule has 2 fully saturated rings. The number of sulfonamides is 1. The Hall–Kier alpha value is -2.15. The van der Waals surface area contributed by atoms with Crippen LogP contribution in [0.5, 0.6) is 0 Å². The Labute approximate surface area is 256 Å². The summed E-state index contributed by atoms with van der Waals surface area (Å²) in [6, 6.07) is 11.0. The summed E-state index contributed by atoms with van der Waals surface area (Å²) >= 11 is 0. The summed E-state index contributed by atoms with van der Waals surface area (Å²) in [5.41, 5.74) is 12.7. The van der Waals surface area contributed by atoms with E-state index >= 15 is 0 Å². The predicted molar refractivity (Wildman–Crippen MR) is 168 cm³/mol. The Bertz CT molecular complexity index is 1480. The monoisotopic (exact) mass is 633 g/mol. The average molecular weight is 634 g/mol. The number of benzene rings is 2. The van der Waals surface area contributed by atoms with Gasteiger partial charge in [-0.1, -0.05) is 37.8 Å². The van der Waals surface area contributed by atoms with Gasteiger partial charge in [-0.3, -0.25) is 4.79 Å². The van der Waals surface area contributed by atoms with Gasteiger partial charge in [-0.15, -0.1) is 0 Å². The lowest BCUT2D eigenvalue weighted by Crippen LogP contribution is -2.40. The van der Waals surface area contributed by atoms with Gasteiger partial charge in [0.1, 0.15) is 0 Å². The summed E-state index contributed by atoms with van der Waals surface area (Å²) in [5, 5.41) is 10.3. The molecule has 0 heterocycles. The number of nitrogens with one attached hydrogen (secondary N) is 1. The Morgan fingerprint density at radius 2 is 1.65 bits per heavy atom. The van der Waals surface area contributed by atoms with Crippen molar-refractivity contribution in [3.05, 3.63) is 59.2 Å². The molecule has 2 aliphatic carbocycles. The lowest BCUT2D eigenvalue weighted by atomic mass is 9.70. The summed E-state index contributed by atoms with van der Waals surface area (Å²) < 4.78 is 56.4. The highest BCUT2D eigenvalue weighted by Crippen LogP contribution is 2.41. The van der Waals surface area contributed by atoms with Gasteiger partial charge >= 0.3 is 0 Å². The van der Waals surface area contributed by atoms with Gasteiger partial charge in [0.05, 0.1) is 21.6 Å². The van der Waals surface area contributed by atoms with Crippen molar-refractivity contribution in [2.24, 2.45) is 29.2 Å². The van der Waals surface area contributed by atoms with Crippen LogP contribution in [0.1, 0.15) is 91.8 Å². The number of rotatable bonds is 13. The number of hydrogen-bond acceptors (Lipinski definition) is 8. The van der Waals surface area contributed by atoms with E-state index in [9.17, 15) is 26.7 Å². The first-order valence-corrected chi connectivity index (χ1v) is 18.6. The number of Topliss-reactive ketones (excluding diaryl/α,β-unsaturated/α-hetero) is 1. The number of aryl methyl sites for hydroxylation is 1. The molecule has 11 heteroatoms. The molecule has 2 aliphatic rings. The predicted octanol–water partition coefficient (Wildman–Crippen LogP) is 4.03. The number of sulfone groups is 1. The van der Waals surface area contributed by atoms with Gasteiger partial charge in [-0.25, -0.2) is 21.6 Å². The molecule has 0 aliphatic heterocycles. The summed E-state index contributed by atoms with van der Waals surface area (Å²) in [5.74, 6) is 0.582. The molecule has 5 unspecified atom stereocenters. The van der Waals surface area contributed by atoms with Crippen molar-refractivity contribution in [2.75, 3.05) is 18.8 Å². The first-order valence-electron chi connectivity index (χ1n) is 15.5. The number of carbonyl (C=O) groups excluding carboxylic acids is 1. The molecule has 2 saturated carbocycles. The third kappa shape index (κ3) is 8.95. The van der Waals surface area contributed by atoms with Crippen LogP contribution in [0.15, 0.2) is 52.3 Å². The van der Waals surface area contributed by atoms with Crippen LogP contribution in [0.3, 0.4) is 0 Å². The van der Waals surface area contributed by atoms with E-state index in [1.807, 2.05) is 0 Å². The van der Waals surface area contributed by atoms with Crippen LogP contribution in [0.2, 0.25) is 0 Å². The summed E-state index contributed by atoms with van der Waals surface area (Å²) in [6.07, 6.45) is 6.73. The minimum Gasteiger partial charge on any atom is -0.388 e. The lowest BCUT2D eigenvalue weighted by molar-refractivity contribution is 0.0985. The van der Waals surface area contributed by atoms with Crippen molar-refractivity contribution in [2.45, 2.75) is 93.1 Å². The van der Waals surface area contributed by atoms with Gasteiger partial charge in [0, 0.05) is 18.0 Å². The number of aliphatic hydroxyl groups is 1. The van der Waals surface area contributed by atoms with Crippen LogP contribution in [0.4, 0.5) is 0 Å². The maximum Gasteiger partial charge on any atom is 0.240 e. The third-order valence-electron chi connectivity index (χ3n) is 9.08. The largest absolute Gasteiger partial charge is 0.388 e. The molecule has 0 aromatic heterocycles. The van der Waals surface area contributed by atoms with Crippen LogP contribution >= 0.6 is 0 Å². The first kappa shape index (κ1) is 33.7. The van der Waals surface area contributed by atoms with Crippen LogP contribution < -0.4 is 16.2 Å². The summed E-state index contributed by atoms with van der Waals surface area (Å²) in [4.78, 5) is 12.7. The van der Waals surface area contributed by atoms with E-state index in [4.69, 9.17) is 11.5 Å². The molecule has 0 radical (unpaired) electrons. The molecule has 43 heavy (non-hydrogen) atoms. The molecule has 2 aromatic rings. The maximum absolute atomic E-state index is 13.5. The molecule has 5 atom stereocenters. The smallest absolute Gasteiger partial charge is 0.240 e. The maximum atomic E-state index is 13.5. The number of hydrogen-bond donors (Lipinski definition) is 4. The molecule has 9 nitrogen and oxygen atoms in total. The van der Waals surface area contributed by atoms with Gasteiger partial charge in [0.2, 0.25) is 10.0 Å². The van der Waals surface area contributed by atoms with Crippen LogP contribution in [0.25, 0.3) is 0 Å². The molecule has 0 bridgehead atoms. The van der Waals surface area contributed by atoms with Crippen LogP contribution in [-0.4, -0.2) is 52.6 Å². The van der Waals surface area contributed by atoms with Gasteiger partial charge in [0.25, 0.3) is 0 Å². The van der Waals surface area contributed by atoms with Crippen molar-refractivity contribution in [1.29, 1.82) is 0 Å². The van der Waals surface area contributed by atoms with Crippen molar-refractivity contribution < 1.29 is 26.7 Å². The zero-order valence-electron chi connectivity index (χ0n) is 25.1. The summed E-state index contributed by atoms with van der Waals surface area (Å²) in [6.45, 7) is 2.32. The highest BCUT2D eigenvalue weighted by Gasteiger charge is 2.35. The van der Waals surface area contributed by atoms with E-state index in [1.165, 1.54) is 12.1 Å². The Morgan fingerprint density at radius 1 is 0.930 bits per heavy atom. The minimum absolute atomic E-state index is 0.0206. The van der Waals surface area contributed by atoms with E-state index in [0.717, 1.165) is 56.9 Å². The van der Waals surface area contributed by atoms with Crippen molar-refractivity contribution >= 4 is 25.6 Å². The second-order valence-corrected chi connectivity index (χ2v) is 16.2. The zero-order chi connectivity index (χ0) is 31.2. The van der Waals surface area contributed by atoms with Crippen molar-refractivity contribution in [3.8, 4) is 0 Å². The molecule has 2 aromatic carbocycles. The van der Waals surface area contributed by atoms with Gasteiger partial charge in [-0.2, -0.15) is 0 Å². The quantitative estimate of drug-likeness (QED) is 0.240. The SMILES string of the molecule is Cc1cc(C(=O)CCN)cc(S(=O)(=O)CC2CCCC(C3CCCC(NS(=O)(=O)c4cccc(C(O)CCN)c4)C3)C2)c1. The molecular formula is C32H47N3O6S2. The molecule has 4 rings (SSSR count). The number of nitrogens with two attached hydrogens (primary N) is 2. The normalized spacial score (nSPS) is 24.0. The standard InChI is InChI=1S/C32H47N3O6S2/c1-22-15-27(32(37)12-14-34)20-30(16-22)42(38,39)21-23-5-2-6-24(17-23)25-7-3-9-28(18-25)35-43(40,41)29-10-4-8-26(19-29)31(36)11-13-33/h4,8,10,15-16,19-20,23-25,28,31,35-36H,2-3,5-7,9,11-14,17-18,21,33-34H2,1H3. The fourth-order valence-electron chi connectivity index (χ4n) is 6.95. The van der Waals surface area contributed by atoms with E-state index in [1.54, 1.807) is 37.3 Å². The molecule has 238 valence electrons. The van der Waals surface area contributed by atoms with E-state index in [-0.39, 0.29) is 46.3 Å². The molecule has 0 amide bonds. The number of ketones is 1. The topological polar surface area (TPSA) is 170 Å². The van der Waals surface area contributed by atoms with Crippen molar-refractivity contribution in [3.63, 3.8) is 0 Å². The molecular weight excluding hydrogens is 587 g/mol. The number of carbonyl (C=O) groups is 1. The van der Waals surface area contributed by atoms with E-state index in [2.05, 4.69) is 4.72 Å². The average Bonchev–Trinajstić information content (AvgIpc) is 2.97. The molecule has 0 spiro atoms. The van der Waals surface area contributed by atoms with Gasteiger partial charge < -0.3 is 16.6 Å². The Morgan fingerprint density at radius 3 is 2.37 bits per heavy atom. The second kappa shape index (κ2) is 14.8.